The van der Waals surface area contributed by atoms with E-state index in [9.17, 15) is 18.0 Å². The third kappa shape index (κ3) is 9.64. The van der Waals surface area contributed by atoms with Crippen molar-refractivity contribution in [1.29, 1.82) is 0 Å². The molecule has 4 aromatic carbocycles. The minimum atomic E-state index is -4.25. The number of aryl methyl sites for hydroxylation is 1. The van der Waals surface area contributed by atoms with Gasteiger partial charge in [0.05, 0.1) is 17.2 Å². The third-order valence-electron chi connectivity index (χ3n) is 8.77. The number of ether oxygens (including phenoxy) is 1. The SMILES string of the molecule is CCOc1ccc(N(CC(=O)N(Cc2cccc(C)c2)[C@@H](Cc2ccccc2)C(=O)NC2CCCCC2)S(=O)(=O)c2ccc(Cl)cc2)cc1. The van der Waals surface area contributed by atoms with Gasteiger partial charge in [-0.3, -0.25) is 13.9 Å². The van der Waals surface area contributed by atoms with Crippen LogP contribution in [0.3, 0.4) is 0 Å². The number of anilines is 1. The van der Waals surface area contributed by atoms with E-state index in [1.165, 1.54) is 24.3 Å². The molecule has 10 heteroatoms. The van der Waals surface area contributed by atoms with Gasteiger partial charge >= 0.3 is 0 Å². The number of nitrogens with zero attached hydrogens (tertiary/aromatic N) is 2. The Kier molecular flexibility index (Phi) is 12.4. The molecule has 0 aromatic heterocycles. The second-order valence-corrected chi connectivity index (χ2v) is 14.8. The monoisotopic (exact) mass is 701 g/mol. The molecule has 5 rings (SSSR count). The number of hydrogen-bond donors (Lipinski definition) is 1. The van der Waals surface area contributed by atoms with E-state index in [0.29, 0.717) is 17.4 Å². The Bertz CT molecular complexity index is 1790. The number of nitrogens with one attached hydrogen (secondary N) is 1. The predicted octanol–water partition coefficient (Wildman–Crippen LogP) is 7.33. The molecule has 2 amide bonds. The molecule has 1 aliphatic rings. The van der Waals surface area contributed by atoms with Gasteiger partial charge in [0.2, 0.25) is 11.8 Å². The van der Waals surface area contributed by atoms with E-state index >= 15 is 0 Å². The lowest BCUT2D eigenvalue weighted by molar-refractivity contribution is -0.140. The highest BCUT2D eigenvalue weighted by Crippen LogP contribution is 2.28. The molecular formula is C39H44ClN3O5S. The van der Waals surface area contributed by atoms with Crippen molar-refractivity contribution in [1.82, 2.24) is 10.2 Å². The number of rotatable bonds is 14. The predicted molar refractivity (Wildman–Crippen MR) is 194 cm³/mol. The van der Waals surface area contributed by atoms with Crippen LogP contribution in [0.5, 0.6) is 5.75 Å². The zero-order valence-electron chi connectivity index (χ0n) is 28.1. The molecule has 0 spiro atoms. The molecule has 4 aromatic rings. The molecule has 1 fully saturated rings. The lowest BCUT2D eigenvalue weighted by Gasteiger charge is -2.35. The molecule has 1 atom stereocenters. The second-order valence-electron chi connectivity index (χ2n) is 12.5. The van der Waals surface area contributed by atoms with Crippen LogP contribution >= 0.6 is 11.6 Å². The van der Waals surface area contributed by atoms with Crippen LogP contribution in [-0.2, 0) is 32.6 Å². The van der Waals surface area contributed by atoms with E-state index < -0.39 is 28.5 Å². The minimum absolute atomic E-state index is 0.0142. The summed E-state index contributed by atoms with van der Waals surface area (Å²) in [4.78, 5) is 30.5. The largest absolute Gasteiger partial charge is 0.494 e. The Balaban J connectivity index is 1.56. The Morgan fingerprint density at radius 1 is 0.878 bits per heavy atom. The van der Waals surface area contributed by atoms with E-state index in [2.05, 4.69) is 5.32 Å². The first-order chi connectivity index (χ1) is 23.6. The Morgan fingerprint density at radius 2 is 1.55 bits per heavy atom. The molecule has 0 saturated heterocycles. The summed E-state index contributed by atoms with van der Waals surface area (Å²) in [5.74, 6) is -0.178. The van der Waals surface area contributed by atoms with E-state index in [1.54, 1.807) is 29.2 Å². The molecule has 0 heterocycles. The van der Waals surface area contributed by atoms with Gasteiger partial charge in [0.25, 0.3) is 10.0 Å². The average molecular weight is 702 g/mol. The van der Waals surface area contributed by atoms with Crippen molar-refractivity contribution < 1.29 is 22.7 Å². The van der Waals surface area contributed by atoms with Gasteiger partial charge in [-0.2, -0.15) is 0 Å². The number of carbonyl (C=O) groups excluding carboxylic acids is 2. The molecular weight excluding hydrogens is 658 g/mol. The fourth-order valence-corrected chi connectivity index (χ4v) is 7.78. The number of amides is 2. The van der Waals surface area contributed by atoms with Crippen molar-refractivity contribution in [2.75, 3.05) is 17.5 Å². The molecule has 0 radical (unpaired) electrons. The van der Waals surface area contributed by atoms with E-state index in [4.69, 9.17) is 16.3 Å². The Morgan fingerprint density at radius 3 is 2.20 bits per heavy atom. The number of hydrogen-bond acceptors (Lipinski definition) is 5. The third-order valence-corrected chi connectivity index (χ3v) is 10.8. The number of halogens is 1. The van der Waals surface area contributed by atoms with E-state index in [1.807, 2.05) is 68.4 Å². The summed E-state index contributed by atoms with van der Waals surface area (Å²) in [7, 11) is -4.25. The first kappa shape index (κ1) is 36.0. The summed E-state index contributed by atoms with van der Waals surface area (Å²) in [6, 6.07) is 29.0. The first-order valence-electron chi connectivity index (χ1n) is 16.8. The van der Waals surface area contributed by atoms with Crippen LogP contribution in [0.2, 0.25) is 5.02 Å². The standard InChI is InChI=1S/C39H44ClN3O5S/c1-3-48-35-21-19-34(20-22-35)43(49(46,47)36-23-17-32(40)18-24-36)28-38(44)42(27-31-14-10-11-29(2)25-31)37(26-30-12-6-4-7-13-30)39(45)41-33-15-8-5-9-16-33/h4,6-7,10-14,17-25,33,37H,3,5,8-9,15-16,26-28H2,1-2H3,(H,41,45)/t37-/m0/s1. The van der Waals surface area contributed by atoms with Gasteiger partial charge < -0.3 is 15.0 Å². The van der Waals surface area contributed by atoms with Crippen molar-refractivity contribution >= 4 is 39.1 Å². The smallest absolute Gasteiger partial charge is 0.264 e. The zero-order valence-corrected chi connectivity index (χ0v) is 29.6. The summed E-state index contributed by atoms with van der Waals surface area (Å²) in [5.41, 5.74) is 3.03. The van der Waals surface area contributed by atoms with Crippen LogP contribution in [0.1, 0.15) is 55.7 Å². The highest BCUT2D eigenvalue weighted by molar-refractivity contribution is 7.92. The van der Waals surface area contributed by atoms with Crippen LogP contribution in [-0.4, -0.2) is 50.4 Å². The number of benzene rings is 4. The van der Waals surface area contributed by atoms with Crippen LogP contribution in [0.4, 0.5) is 5.69 Å². The highest BCUT2D eigenvalue weighted by atomic mass is 35.5. The maximum atomic E-state index is 14.7. The van der Waals surface area contributed by atoms with Crippen LogP contribution < -0.4 is 14.4 Å². The fourth-order valence-electron chi connectivity index (χ4n) is 6.24. The van der Waals surface area contributed by atoms with Gasteiger partial charge in [0, 0.05) is 24.0 Å². The van der Waals surface area contributed by atoms with Crippen LogP contribution in [0.25, 0.3) is 0 Å². The van der Waals surface area contributed by atoms with E-state index in [0.717, 1.165) is 53.1 Å². The van der Waals surface area contributed by atoms with Crippen molar-refractivity contribution in [2.45, 2.75) is 75.9 Å². The fraction of sp³-hybridized carbons (Fsp3) is 0.333. The first-order valence-corrected chi connectivity index (χ1v) is 18.7. The van der Waals surface area contributed by atoms with Crippen molar-refractivity contribution in [3.63, 3.8) is 0 Å². The average Bonchev–Trinajstić information content (AvgIpc) is 3.10. The summed E-state index contributed by atoms with van der Waals surface area (Å²) in [6.07, 6.45) is 5.27. The normalized spacial score (nSPS) is 14.1. The molecule has 1 N–H and O–H groups in total. The van der Waals surface area contributed by atoms with Gasteiger partial charge in [0.15, 0.2) is 0 Å². The Hall–Kier alpha value is -4.34. The second kappa shape index (κ2) is 16.9. The van der Waals surface area contributed by atoms with Crippen LogP contribution in [0.15, 0.2) is 108 Å². The van der Waals surface area contributed by atoms with Gasteiger partial charge in [-0.05, 0) is 86.3 Å². The summed E-state index contributed by atoms with van der Waals surface area (Å²) < 4.78 is 35.2. The zero-order chi connectivity index (χ0) is 34.8. The molecule has 8 nitrogen and oxygen atoms in total. The van der Waals surface area contributed by atoms with Crippen molar-refractivity contribution in [2.24, 2.45) is 0 Å². The summed E-state index contributed by atoms with van der Waals surface area (Å²) in [6.45, 7) is 3.87. The quantitative estimate of drug-likeness (QED) is 0.149. The van der Waals surface area contributed by atoms with Crippen molar-refractivity contribution in [3.8, 4) is 5.75 Å². The van der Waals surface area contributed by atoms with Gasteiger partial charge in [-0.25, -0.2) is 8.42 Å². The van der Waals surface area contributed by atoms with Gasteiger partial charge in [0.1, 0.15) is 18.3 Å². The molecule has 49 heavy (non-hydrogen) atoms. The van der Waals surface area contributed by atoms with Crippen molar-refractivity contribution in [3.05, 3.63) is 125 Å². The molecule has 1 saturated carbocycles. The minimum Gasteiger partial charge on any atom is -0.494 e. The maximum absolute atomic E-state index is 14.7. The molecule has 0 bridgehead atoms. The maximum Gasteiger partial charge on any atom is 0.264 e. The van der Waals surface area contributed by atoms with E-state index in [-0.39, 0.29) is 35.5 Å². The lowest BCUT2D eigenvalue weighted by atomic mass is 9.94. The topological polar surface area (TPSA) is 96.0 Å². The molecule has 1 aliphatic carbocycles. The number of carbonyl (C=O) groups is 2. The number of sulfonamides is 1. The van der Waals surface area contributed by atoms with Gasteiger partial charge in [-0.1, -0.05) is 91.0 Å². The molecule has 0 aliphatic heterocycles. The Labute approximate surface area is 295 Å². The van der Waals surface area contributed by atoms with Crippen LogP contribution in [0, 0.1) is 6.92 Å². The highest BCUT2D eigenvalue weighted by Gasteiger charge is 2.35. The van der Waals surface area contributed by atoms with Gasteiger partial charge in [-0.15, -0.1) is 0 Å². The summed E-state index contributed by atoms with van der Waals surface area (Å²) >= 11 is 6.10. The molecule has 0 unspecified atom stereocenters. The summed E-state index contributed by atoms with van der Waals surface area (Å²) in [5, 5.41) is 3.63. The lowest BCUT2D eigenvalue weighted by Crippen LogP contribution is -2.55. The molecule has 258 valence electrons.